The lowest BCUT2D eigenvalue weighted by Crippen LogP contribution is -2.45. The second kappa shape index (κ2) is 5.89. The minimum absolute atomic E-state index is 0.814. The molecule has 1 saturated heterocycles. The van der Waals surface area contributed by atoms with Gasteiger partial charge in [-0.2, -0.15) is 0 Å². The number of anilines is 2. The van der Waals surface area contributed by atoms with Crippen LogP contribution in [0.15, 0.2) is 24.3 Å². The third kappa shape index (κ3) is 3.91. The van der Waals surface area contributed by atoms with Crippen molar-refractivity contribution >= 4 is 11.4 Å². The van der Waals surface area contributed by atoms with Crippen molar-refractivity contribution in [3.05, 3.63) is 24.3 Å². The molecular weight excluding hydrogens is 212 g/mol. The smallest absolute Gasteiger partial charge is 0.0342 e. The fourth-order valence-electron chi connectivity index (χ4n) is 2.03. The van der Waals surface area contributed by atoms with Crippen LogP contribution in [-0.2, 0) is 0 Å². The highest BCUT2D eigenvalue weighted by atomic mass is 15.2. The molecule has 0 radical (unpaired) electrons. The average molecular weight is 234 g/mol. The lowest BCUT2D eigenvalue weighted by Gasteiger charge is -2.32. The highest BCUT2D eigenvalue weighted by Crippen LogP contribution is 2.10. The van der Waals surface area contributed by atoms with Gasteiger partial charge in [0.25, 0.3) is 0 Å². The van der Waals surface area contributed by atoms with Crippen molar-refractivity contribution in [2.45, 2.75) is 0 Å². The Morgan fingerprint density at radius 2 is 1.76 bits per heavy atom. The molecule has 0 aromatic heterocycles. The van der Waals surface area contributed by atoms with Crippen LogP contribution in [-0.4, -0.2) is 56.1 Å². The van der Waals surface area contributed by atoms with E-state index in [1.54, 1.807) is 0 Å². The second-order valence-corrected chi connectivity index (χ2v) is 4.69. The average Bonchev–Trinajstić information content (AvgIpc) is 2.34. The molecule has 94 valence electrons. The van der Waals surface area contributed by atoms with Crippen LogP contribution in [0.3, 0.4) is 0 Å². The van der Waals surface area contributed by atoms with Gasteiger partial charge < -0.3 is 16.0 Å². The van der Waals surface area contributed by atoms with Gasteiger partial charge in [-0.05, 0) is 31.3 Å². The van der Waals surface area contributed by atoms with Gasteiger partial charge in [-0.25, -0.2) is 0 Å². The number of benzene rings is 1. The Labute approximate surface area is 103 Å². The minimum atomic E-state index is 0.814. The van der Waals surface area contributed by atoms with Gasteiger partial charge in [0.1, 0.15) is 0 Å². The fraction of sp³-hybridized carbons (Fsp3) is 0.538. The molecule has 17 heavy (non-hydrogen) atoms. The monoisotopic (exact) mass is 234 g/mol. The molecule has 0 amide bonds. The predicted molar refractivity (Wildman–Crippen MR) is 73.3 cm³/mol. The van der Waals surface area contributed by atoms with E-state index < -0.39 is 0 Å². The van der Waals surface area contributed by atoms with E-state index in [4.69, 9.17) is 5.73 Å². The van der Waals surface area contributed by atoms with Crippen LogP contribution in [0.1, 0.15) is 0 Å². The first kappa shape index (κ1) is 12.2. The molecule has 4 nitrogen and oxygen atoms in total. The van der Waals surface area contributed by atoms with E-state index in [1.807, 2.05) is 24.3 Å². The SMILES string of the molecule is CN1CCN(CCNc2ccc(N)cc2)CC1. The van der Waals surface area contributed by atoms with Gasteiger partial charge in [0.2, 0.25) is 0 Å². The summed E-state index contributed by atoms with van der Waals surface area (Å²) in [5.74, 6) is 0. The molecule has 1 aliphatic heterocycles. The van der Waals surface area contributed by atoms with Crippen molar-refractivity contribution in [3.8, 4) is 0 Å². The third-order valence-electron chi connectivity index (χ3n) is 3.26. The van der Waals surface area contributed by atoms with Crippen LogP contribution in [0.5, 0.6) is 0 Å². The molecule has 3 N–H and O–H groups in total. The maximum absolute atomic E-state index is 5.64. The van der Waals surface area contributed by atoms with Gasteiger partial charge >= 0.3 is 0 Å². The normalized spacial score (nSPS) is 18.2. The molecule has 0 atom stereocenters. The molecule has 1 aromatic carbocycles. The summed E-state index contributed by atoms with van der Waals surface area (Å²) in [5, 5.41) is 3.42. The summed E-state index contributed by atoms with van der Waals surface area (Å²) >= 11 is 0. The van der Waals surface area contributed by atoms with Gasteiger partial charge in [-0.15, -0.1) is 0 Å². The molecular formula is C13H22N4. The van der Waals surface area contributed by atoms with Crippen LogP contribution >= 0.6 is 0 Å². The summed E-state index contributed by atoms with van der Waals surface area (Å²) in [5.41, 5.74) is 7.61. The number of nitrogens with two attached hydrogens (primary N) is 1. The van der Waals surface area contributed by atoms with Crippen LogP contribution in [0.25, 0.3) is 0 Å². The highest BCUT2D eigenvalue weighted by Gasteiger charge is 2.12. The summed E-state index contributed by atoms with van der Waals surface area (Å²) in [4.78, 5) is 4.88. The van der Waals surface area contributed by atoms with E-state index in [2.05, 4.69) is 22.2 Å². The third-order valence-corrected chi connectivity index (χ3v) is 3.26. The number of likely N-dealkylation sites (N-methyl/N-ethyl adjacent to an activating group) is 1. The Morgan fingerprint density at radius 1 is 1.12 bits per heavy atom. The molecule has 0 spiro atoms. The molecule has 0 saturated carbocycles. The summed E-state index contributed by atoms with van der Waals surface area (Å²) in [6, 6.07) is 7.91. The summed E-state index contributed by atoms with van der Waals surface area (Å²) in [6.07, 6.45) is 0. The van der Waals surface area contributed by atoms with Gasteiger partial charge in [0.15, 0.2) is 0 Å². The van der Waals surface area contributed by atoms with Crippen LogP contribution < -0.4 is 11.1 Å². The van der Waals surface area contributed by atoms with Crippen molar-refractivity contribution < 1.29 is 0 Å². The van der Waals surface area contributed by atoms with E-state index in [0.29, 0.717) is 0 Å². The Balaban J connectivity index is 1.67. The first-order valence-corrected chi connectivity index (χ1v) is 6.24. The molecule has 0 bridgehead atoms. The Morgan fingerprint density at radius 3 is 2.41 bits per heavy atom. The molecule has 0 unspecified atom stereocenters. The Hall–Kier alpha value is -1.26. The number of piperazine rings is 1. The second-order valence-electron chi connectivity index (χ2n) is 4.69. The number of nitrogen functional groups attached to an aromatic ring is 1. The zero-order chi connectivity index (χ0) is 12.1. The Kier molecular flexibility index (Phi) is 4.23. The molecule has 1 heterocycles. The number of rotatable bonds is 4. The van der Waals surface area contributed by atoms with Gasteiger partial charge in [0, 0.05) is 50.6 Å². The molecule has 1 aromatic rings. The van der Waals surface area contributed by atoms with E-state index in [-0.39, 0.29) is 0 Å². The zero-order valence-electron chi connectivity index (χ0n) is 10.5. The number of hydrogen-bond donors (Lipinski definition) is 2. The maximum atomic E-state index is 5.64. The molecule has 1 aliphatic rings. The van der Waals surface area contributed by atoms with Crippen molar-refractivity contribution in [1.82, 2.24) is 9.80 Å². The number of hydrogen-bond acceptors (Lipinski definition) is 4. The fourth-order valence-corrected chi connectivity index (χ4v) is 2.03. The topological polar surface area (TPSA) is 44.5 Å². The van der Waals surface area contributed by atoms with Crippen LogP contribution in [0.4, 0.5) is 11.4 Å². The van der Waals surface area contributed by atoms with E-state index >= 15 is 0 Å². The Bertz CT molecular complexity index is 328. The predicted octanol–water partition coefficient (Wildman–Crippen LogP) is 0.928. The summed E-state index contributed by atoms with van der Waals surface area (Å²) in [6.45, 7) is 6.83. The minimum Gasteiger partial charge on any atom is -0.399 e. The summed E-state index contributed by atoms with van der Waals surface area (Å²) in [7, 11) is 2.18. The summed E-state index contributed by atoms with van der Waals surface area (Å²) < 4.78 is 0. The largest absolute Gasteiger partial charge is 0.399 e. The quantitative estimate of drug-likeness (QED) is 0.761. The molecule has 4 heteroatoms. The lowest BCUT2D eigenvalue weighted by molar-refractivity contribution is 0.158. The standard InChI is InChI=1S/C13H22N4/c1-16-8-10-17(11-9-16)7-6-15-13-4-2-12(14)3-5-13/h2-5,15H,6-11,14H2,1H3. The van der Waals surface area contributed by atoms with E-state index in [9.17, 15) is 0 Å². The highest BCUT2D eigenvalue weighted by molar-refractivity contribution is 5.51. The molecule has 2 rings (SSSR count). The first-order valence-electron chi connectivity index (χ1n) is 6.24. The maximum Gasteiger partial charge on any atom is 0.0342 e. The number of nitrogens with zero attached hydrogens (tertiary/aromatic N) is 2. The lowest BCUT2D eigenvalue weighted by atomic mass is 10.3. The van der Waals surface area contributed by atoms with Crippen molar-refractivity contribution in [1.29, 1.82) is 0 Å². The van der Waals surface area contributed by atoms with Crippen LogP contribution in [0.2, 0.25) is 0 Å². The first-order chi connectivity index (χ1) is 8.24. The van der Waals surface area contributed by atoms with Crippen LogP contribution in [0, 0.1) is 0 Å². The zero-order valence-corrected chi connectivity index (χ0v) is 10.5. The van der Waals surface area contributed by atoms with Crippen molar-refractivity contribution in [3.63, 3.8) is 0 Å². The van der Waals surface area contributed by atoms with Gasteiger partial charge in [-0.3, -0.25) is 4.90 Å². The number of nitrogens with one attached hydrogen (secondary N) is 1. The van der Waals surface area contributed by atoms with Gasteiger partial charge in [-0.1, -0.05) is 0 Å². The molecule has 0 aliphatic carbocycles. The molecule has 1 fully saturated rings. The van der Waals surface area contributed by atoms with E-state index in [0.717, 1.165) is 24.5 Å². The van der Waals surface area contributed by atoms with Gasteiger partial charge in [0.05, 0.1) is 0 Å². The van der Waals surface area contributed by atoms with Crippen molar-refractivity contribution in [2.24, 2.45) is 0 Å². The van der Waals surface area contributed by atoms with E-state index in [1.165, 1.54) is 26.2 Å². The van der Waals surface area contributed by atoms with Crippen molar-refractivity contribution in [2.75, 3.05) is 57.4 Å².